The lowest BCUT2D eigenvalue weighted by Crippen LogP contribution is -2.49. The lowest BCUT2D eigenvalue weighted by molar-refractivity contribution is 0.0558. The van der Waals surface area contributed by atoms with Crippen LogP contribution in [0.5, 0.6) is 0 Å². The van der Waals surface area contributed by atoms with Crippen molar-refractivity contribution in [3.8, 4) is 11.1 Å². The summed E-state index contributed by atoms with van der Waals surface area (Å²) in [4.78, 5) is 16.5. The molecule has 0 radical (unpaired) electrons. The third kappa shape index (κ3) is 3.62. The van der Waals surface area contributed by atoms with Crippen LogP contribution < -0.4 is 4.90 Å². The van der Waals surface area contributed by atoms with E-state index in [-0.39, 0.29) is 6.09 Å². The van der Waals surface area contributed by atoms with Gasteiger partial charge in [-0.05, 0) is 30.7 Å². The van der Waals surface area contributed by atoms with Gasteiger partial charge >= 0.3 is 6.09 Å². The van der Waals surface area contributed by atoms with Crippen molar-refractivity contribution < 1.29 is 9.53 Å². The maximum atomic E-state index is 12.4. The molecular formula is C22H28N6O2. The molecule has 4 heterocycles. The average molecular weight is 409 g/mol. The molecule has 3 aromatic rings. The van der Waals surface area contributed by atoms with Gasteiger partial charge in [0.05, 0.1) is 30.2 Å². The van der Waals surface area contributed by atoms with E-state index in [0.717, 1.165) is 41.3 Å². The number of amides is 1. The average Bonchev–Trinajstić information content (AvgIpc) is 3.36. The van der Waals surface area contributed by atoms with Gasteiger partial charge in [0, 0.05) is 56.7 Å². The smallest absolute Gasteiger partial charge is 0.409 e. The highest BCUT2D eigenvalue weighted by Gasteiger charge is 2.28. The van der Waals surface area contributed by atoms with Crippen LogP contribution in [0.4, 0.5) is 10.5 Å². The Labute approximate surface area is 176 Å². The zero-order valence-corrected chi connectivity index (χ0v) is 17.6. The number of piperazine rings is 1. The van der Waals surface area contributed by atoms with Crippen LogP contribution in [0.15, 0.2) is 36.9 Å². The minimum absolute atomic E-state index is 0.171. The van der Waals surface area contributed by atoms with Crippen LogP contribution in [-0.2, 0) is 11.8 Å². The first kappa shape index (κ1) is 19.0. The number of rotatable bonds is 4. The first-order valence-corrected chi connectivity index (χ1v) is 10.7. The first-order chi connectivity index (χ1) is 14.6. The number of aryl methyl sites for hydroxylation is 1. The van der Waals surface area contributed by atoms with Crippen LogP contribution in [0.3, 0.4) is 0 Å². The molecule has 1 aliphatic carbocycles. The molecule has 0 atom stereocenters. The number of pyridine rings is 1. The fourth-order valence-electron chi connectivity index (χ4n) is 4.57. The van der Waals surface area contributed by atoms with Crippen LogP contribution in [0.1, 0.15) is 19.8 Å². The molecule has 3 aromatic heterocycles. The summed E-state index contributed by atoms with van der Waals surface area (Å²) in [7, 11) is 1.91. The fourth-order valence-corrected chi connectivity index (χ4v) is 4.57. The highest BCUT2D eigenvalue weighted by atomic mass is 16.6. The molecule has 1 aliphatic heterocycles. The van der Waals surface area contributed by atoms with E-state index in [4.69, 9.17) is 4.74 Å². The van der Waals surface area contributed by atoms with E-state index >= 15 is 0 Å². The second-order valence-corrected chi connectivity index (χ2v) is 8.67. The molecule has 0 N–H and O–H groups in total. The number of anilines is 1. The molecule has 8 nitrogen and oxygen atoms in total. The van der Waals surface area contributed by atoms with Gasteiger partial charge < -0.3 is 14.5 Å². The van der Waals surface area contributed by atoms with Gasteiger partial charge in [0.2, 0.25) is 0 Å². The monoisotopic (exact) mass is 408 g/mol. The summed E-state index contributed by atoms with van der Waals surface area (Å²) in [5.41, 5.74) is 4.32. The minimum atomic E-state index is -0.171. The molecule has 0 aromatic carbocycles. The Morgan fingerprint density at radius 2 is 1.87 bits per heavy atom. The van der Waals surface area contributed by atoms with Crippen LogP contribution in [0.2, 0.25) is 0 Å². The largest absolute Gasteiger partial charge is 0.449 e. The molecule has 158 valence electrons. The highest BCUT2D eigenvalue weighted by Crippen LogP contribution is 2.33. The number of aromatic nitrogens is 4. The van der Waals surface area contributed by atoms with Gasteiger partial charge in [-0.15, -0.1) is 0 Å². The summed E-state index contributed by atoms with van der Waals surface area (Å²) in [6, 6.07) is 4.21. The van der Waals surface area contributed by atoms with E-state index in [1.54, 1.807) is 4.68 Å². The SMILES string of the molecule is CC1CC(COC(=O)N2CCN(c3cnn4cc(-c5cnn(C)c5)ccc34)CC2)C1. The normalized spacial score (nSPS) is 21.7. The van der Waals surface area contributed by atoms with Crippen molar-refractivity contribution in [2.45, 2.75) is 19.8 Å². The Bertz CT molecular complexity index is 1040. The van der Waals surface area contributed by atoms with Crippen molar-refractivity contribution in [1.82, 2.24) is 24.3 Å². The van der Waals surface area contributed by atoms with Crippen molar-refractivity contribution >= 4 is 17.3 Å². The predicted molar refractivity (Wildman–Crippen MR) is 114 cm³/mol. The number of nitrogens with zero attached hydrogens (tertiary/aromatic N) is 6. The zero-order chi connectivity index (χ0) is 20.7. The van der Waals surface area contributed by atoms with E-state index in [0.29, 0.717) is 25.6 Å². The molecule has 0 spiro atoms. The topological polar surface area (TPSA) is 67.9 Å². The summed E-state index contributed by atoms with van der Waals surface area (Å²) in [6.07, 6.45) is 9.98. The molecule has 2 aliphatic rings. The predicted octanol–water partition coefficient (Wildman–Crippen LogP) is 3.04. The van der Waals surface area contributed by atoms with E-state index in [2.05, 4.69) is 34.2 Å². The van der Waals surface area contributed by atoms with Crippen molar-refractivity contribution in [2.75, 3.05) is 37.7 Å². The lowest BCUT2D eigenvalue weighted by atomic mass is 9.77. The number of hydrogen-bond acceptors (Lipinski definition) is 5. The van der Waals surface area contributed by atoms with Gasteiger partial charge in [-0.25, -0.2) is 9.31 Å². The standard InChI is InChI=1S/C22H28N6O2/c1-16-9-17(10-16)15-30-22(29)27-7-5-26(6-8-27)21-12-24-28-14-18(3-4-20(21)28)19-11-23-25(2)13-19/h3-4,11-14,16-17H,5-10,15H2,1-2H3. The van der Waals surface area contributed by atoms with Crippen molar-refractivity contribution in [3.63, 3.8) is 0 Å². The quantitative estimate of drug-likeness (QED) is 0.664. The maximum absolute atomic E-state index is 12.4. The zero-order valence-electron chi connectivity index (χ0n) is 17.6. The number of ether oxygens (including phenoxy) is 1. The molecule has 8 heteroatoms. The van der Waals surface area contributed by atoms with Crippen LogP contribution >= 0.6 is 0 Å². The second kappa shape index (κ2) is 7.66. The number of carbonyl (C=O) groups excluding carboxylic acids is 1. The van der Waals surface area contributed by atoms with Gasteiger partial charge in [0.1, 0.15) is 0 Å². The molecular weight excluding hydrogens is 380 g/mol. The van der Waals surface area contributed by atoms with Gasteiger partial charge in [-0.3, -0.25) is 4.68 Å². The van der Waals surface area contributed by atoms with E-state index in [9.17, 15) is 4.79 Å². The first-order valence-electron chi connectivity index (χ1n) is 10.7. The highest BCUT2D eigenvalue weighted by molar-refractivity contribution is 5.76. The Morgan fingerprint density at radius 1 is 1.07 bits per heavy atom. The number of fused-ring (bicyclic) bond motifs is 1. The molecule has 0 bridgehead atoms. The van der Waals surface area contributed by atoms with Crippen molar-refractivity contribution in [2.24, 2.45) is 18.9 Å². The van der Waals surface area contributed by atoms with E-state index < -0.39 is 0 Å². The molecule has 1 saturated heterocycles. The molecule has 1 amide bonds. The Hall–Kier alpha value is -3.03. The van der Waals surface area contributed by atoms with E-state index in [1.165, 1.54) is 12.8 Å². The summed E-state index contributed by atoms with van der Waals surface area (Å²) < 4.78 is 9.24. The second-order valence-electron chi connectivity index (χ2n) is 8.67. The maximum Gasteiger partial charge on any atom is 0.409 e. The fraction of sp³-hybridized carbons (Fsp3) is 0.500. The Morgan fingerprint density at radius 3 is 2.57 bits per heavy atom. The minimum Gasteiger partial charge on any atom is -0.449 e. The molecule has 1 saturated carbocycles. The van der Waals surface area contributed by atoms with Gasteiger partial charge in [0.25, 0.3) is 0 Å². The summed E-state index contributed by atoms with van der Waals surface area (Å²) in [5.74, 6) is 1.34. The van der Waals surface area contributed by atoms with Gasteiger partial charge in [0.15, 0.2) is 0 Å². The van der Waals surface area contributed by atoms with Crippen LogP contribution in [0, 0.1) is 11.8 Å². The molecule has 30 heavy (non-hydrogen) atoms. The summed E-state index contributed by atoms with van der Waals surface area (Å²) in [6.45, 7) is 5.72. The van der Waals surface area contributed by atoms with Crippen molar-refractivity contribution in [1.29, 1.82) is 0 Å². The third-order valence-electron chi connectivity index (χ3n) is 6.33. The van der Waals surface area contributed by atoms with Gasteiger partial charge in [-0.1, -0.05) is 13.0 Å². The van der Waals surface area contributed by atoms with Crippen LogP contribution in [-0.4, -0.2) is 63.2 Å². The molecule has 5 rings (SSSR count). The van der Waals surface area contributed by atoms with Gasteiger partial charge in [-0.2, -0.15) is 10.2 Å². The Kier molecular flexibility index (Phi) is 4.84. The lowest BCUT2D eigenvalue weighted by Gasteiger charge is -2.36. The number of carbonyl (C=O) groups is 1. The summed E-state index contributed by atoms with van der Waals surface area (Å²) in [5, 5.41) is 8.80. The summed E-state index contributed by atoms with van der Waals surface area (Å²) >= 11 is 0. The molecule has 2 fully saturated rings. The molecule has 0 unspecified atom stereocenters. The number of hydrogen-bond donors (Lipinski definition) is 0. The van der Waals surface area contributed by atoms with Crippen molar-refractivity contribution in [3.05, 3.63) is 36.9 Å². The van der Waals surface area contributed by atoms with Crippen LogP contribution in [0.25, 0.3) is 16.6 Å². The van der Waals surface area contributed by atoms with E-state index in [1.807, 2.05) is 41.3 Å². The third-order valence-corrected chi connectivity index (χ3v) is 6.33. The Balaban J connectivity index is 1.21.